The summed E-state index contributed by atoms with van der Waals surface area (Å²) >= 11 is 1.34. The van der Waals surface area contributed by atoms with Crippen LogP contribution in [0.3, 0.4) is 0 Å². The molecule has 3 aromatic carbocycles. The average Bonchev–Trinajstić information content (AvgIpc) is 3.51. The maximum absolute atomic E-state index is 13.7. The van der Waals surface area contributed by atoms with Crippen molar-refractivity contribution in [1.29, 1.82) is 0 Å². The first-order chi connectivity index (χ1) is 20.3. The van der Waals surface area contributed by atoms with Gasteiger partial charge in [0.25, 0.3) is 5.78 Å². The van der Waals surface area contributed by atoms with Gasteiger partial charge in [-0.05, 0) is 93.3 Å². The van der Waals surface area contributed by atoms with E-state index in [-0.39, 0.29) is 11.3 Å². The maximum atomic E-state index is 13.7. The number of Topliss-reactive ketones (excluding diaryl/α,β-unsaturated/α-hetero) is 1. The van der Waals surface area contributed by atoms with Gasteiger partial charge in [-0.2, -0.15) is 0 Å². The van der Waals surface area contributed by atoms with Crippen LogP contribution in [0.1, 0.15) is 55.5 Å². The number of nitrogens with zero attached hydrogens (tertiary/aromatic N) is 2. The Hall–Kier alpha value is -4.37. The Kier molecular flexibility index (Phi) is 8.49. The number of ether oxygens (including phenoxy) is 3. The van der Waals surface area contributed by atoms with Gasteiger partial charge in [0.05, 0.1) is 41.7 Å². The van der Waals surface area contributed by atoms with Crippen LogP contribution in [0, 0.1) is 13.8 Å². The van der Waals surface area contributed by atoms with Crippen molar-refractivity contribution < 1.29 is 28.9 Å². The van der Waals surface area contributed by atoms with Crippen molar-refractivity contribution in [3.8, 4) is 17.2 Å². The largest absolute Gasteiger partial charge is 0.507 e. The molecule has 1 unspecified atom stereocenters. The monoisotopic (exact) mass is 586 g/mol. The second-order valence-electron chi connectivity index (χ2n) is 10.0. The lowest BCUT2D eigenvalue weighted by molar-refractivity contribution is -0.132. The highest BCUT2D eigenvalue weighted by Gasteiger charge is 2.48. The zero-order valence-electron chi connectivity index (χ0n) is 24.4. The summed E-state index contributed by atoms with van der Waals surface area (Å²) in [5.74, 6) is -0.141. The summed E-state index contributed by atoms with van der Waals surface area (Å²) in [7, 11) is 0. The number of amides is 1. The van der Waals surface area contributed by atoms with Crippen LogP contribution in [0.25, 0.3) is 16.0 Å². The van der Waals surface area contributed by atoms with Gasteiger partial charge in [0, 0.05) is 5.56 Å². The number of anilines is 1. The molecule has 8 nitrogen and oxygen atoms in total. The minimum atomic E-state index is -0.946. The number of carbonyl (C=O) groups excluding carboxylic acids is 2. The lowest BCUT2D eigenvalue weighted by atomic mass is 9.95. The SMILES string of the molecule is CCCOc1ccc(/C(O)=C2\C(=O)C(=O)N(c3nc4c(C)cc(C)cc4s3)C2c2ccc(OCC)c(OCC)c2)cc1. The number of aliphatic hydroxyl groups is 1. The van der Waals surface area contributed by atoms with Gasteiger partial charge in [0.1, 0.15) is 11.5 Å². The highest BCUT2D eigenvalue weighted by atomic mass is 32.1. The molecule has 1 saturated heterocycles. The number of aryl methyl sites for hydroxylation is 2. The standard InChI is InChI=1S/C33H34N2O6S/c1-6-15-41-23-12-9-21(10-13-23)30(36)27-29(22-11-14-24(39-7-2)25(18-22)40-8-3)35(32(38)31(27)37)33-34-28-20(5)16-19(4)17-26(28)42-33/h9-14,16-18,29,36H,6-8,15H2,1-5H3/b30-27+. The number of aliphatic hydroxyl groups excluding tert-OH is 1. The van der Waals surface area contributed by atoms with Gasteiger partial charge in [-0.1, -0.05) is 30.4 Å². The quantitative estimate of drug-likeness (QED) is 0.120. The molecule has 9 heteroatoms. The molecule has 0 radical (unpaired) electrons. The summed E-state index contributed by atoms with van der Waals surface area (Å²) in [6.07, 6.45) is 0.863. The number of aromatic nitrogens is 1. The van der Waals surface area contributed by atoms with Crippen molar-refractivity contribution >= 4 is 44.1 Å². The van der Waals surface area contributed by atoms with Crippen LogP contribution in [0.2, 0.25) is 0 Å². The first kappa shape index (κ1) is 29.1. The summed E-state index contributed by atoms with van der Waals surface area (Å²) in [6.45, 7) is 11.2. The third-order valence-corrected chi connectivity index (χ3v) is 7.95. The van der Waals surface area contributed by atoms with E-state index in [1.165, 1.54) is 16.2 Å². The third kappa shape index (κ3) is 5.44. The van der Waals surface area contributed by atoms with E-state index in [4.69, 9.17) is 19.2 Å². The maximum Gasteiger partial charge on any atom is 0.301 e. The van der Waals surface area contributed by atoms with Crippen molar-refractivity contribution in [2.75, 3.05) is 24.7 Å². The molecule has 2 heterocycles. The van der Waals surface area contributed by atoms with Crippen LogP contribution in [0.15, 0.2) is 60.2 Å². The van der Waals surface area contributed by atoms with Crippen molar-refractivity contribution in [3.05, 3.63) is 82.4 Å². The van der Waals surface area contributed by atoms with E-state index >= 15 is 0 Å². The number of ketones is 1. The van der Waals surface area contributed by atoms with Crippen LogP contribution in [0.5, 0.6) is 17.2 Å². The molecule has 0 saturated carbocycles. The Morgan fingerprint density at radius 3 is 2.33 bits per heavy atom. The third-order valence-electron chi connectivity index (χ3n) is 6.95. The first-order valence-electron chi connectivity index (χ1n) is 14.1. The number of carbonyl (C=O) groups is 2. The molecular weight excluding hydrogens is 552 g/mol. The topological polar surface area (TPSA) is 98.2 Å². The molecule has 4 aromatic rings. The molecule has 1 aliphatic rings. The number of fused-ring (bicyclic) bond motifs is 1. The molecule has 1 aromatic heterocycles. The Labute approximate surface area is 249 Å². The lowest BCUT2D eigenvalue weighted by Gasteiger charge is -2.24. The number of hydrogen-bond donors (Lipinski definition) is 1. The van der Waals surface area contributed by atoms with Gasteiger partial charge >= 0.3 is 5.91 Å². The number of hydrogen-bond acceptors (Lipinski definition) is 8. The normalized spacial score (nSPS) is 16.3. The van der Waals surface area contributed by atoms with Crippen molar-refractivity contribution in [2.24, 2.45) is 0 Å². The van der Waals surface area contributed by atoms with E-state index in [2.05, 4.69) is 0 Å². The van der Waals surface area contributed by atoms with Gasteiger partial charge in [-0.15, -0.1) is 0 Å². The molecule has 0 bridgehead atoms. The zero-order chi connectivity index (χ0) is 30.0. The fraction of sp³-hybridized carbons (Fsp3) is 0.303. The van der Waals surface area contributed by atoms with Crippen LogP contribution in [-0.2, 0) is 9.59 Å². The number of thiazole rings is 1. The van der Waals surface area contributed by atoms with Gasteiger partial charge in [0.15, 0.2) is 16.6 Å². The first-order valence-corrected chi connectivity index (χ1v) is 14.9. The molecule has 1 fully saturated rings. The predicted molar refractivity (Wildman–Crippen MR) is 165 cm³/mol. The Morgan fingerprint density at radius 2 is 1.64 bits per heavy atom. The second-order valence-corrected chi connectivity index (χ2v) is 11.0. The van der Waals surface area contributed by atoms with E-state index in [0.717, 1.165) is 27.8 Å². The average molecular weight is 587 g/mol. The zero-order valence-corrected chi connectivity index (χ0v) is 25.2. The minimum absolute atomic E-state index is 0.0269. The van der Waals surface area contributed by atoms with E-state index in [1.807, 2.05) is 46.8 Å². The Balaban J connectivity index is 1.69. The Bertz CT molecular complexity index is 1670. The van der Waals surface area contributed by atoms with Crippen molar-refractivity contribution in [1.82, 2.24) is 4.98 Å². The highest BCUT2D eigenvalue weighted by Crippen LogP contribution is 2.46. The summed E-state index contributed by atoms with van der Waals surface area (Å²) in [4.78, 5) is 33.6. The van der Waals surface area contributed by atoms with Crippen LogP contribution in [-0.4, -0.2) is 41.6 Å². The molecule has 1 aliphatic heterocycles. The number of rotatable bonds is 10. The lowest BCUT2D eigenvalue weighted by Crippen LogP contribution is -2.29. The summed E-state index contributed by atoms with van der Waals surface area (Å²) in [6, 6.07) is 15.2. The highest BCUT2D eigenvalue weighted by molar-refractivity contribution is 7.22. The molecule has 1 N–H and O–H groups in total. The van der Waals surface area contributed by atoms with Crippen LogP contribution in [0.4, 0.5) is 5.13 Å². The van der Waals surface area contributed by atoms with Gasteiger partial charge in [-0.3, -0.25) is 14.5 Å². The molecule has 5 rings (SSSR count). The van der Waals surface area contributed by atoms with Crippen LogP contribution >= 0.6 is 11.3 Å². The van der Waals surface area contributed by atoms with E-state index < -0.39 is 17.7 Å². The fourth-order valence-corrected chi connectivity index (χ4v) is 6.30. The van der Waals surface area contributed by atoms with Crippen molar-refractivity contribution in [2.45, 2.75) is 47.1 Å². The summed E-state index contributed by atoms with van der Waals surface area (Å²) < 4.78 is 18.2. The van der Waals surface area contributed by atoms with E-state index in [9.17, 15) is 14.7 Å². The number of benzene rings is 3. The fourth-order valence-electron chi connectivity index (χ4n) is 5.13. The molecule has 218 valence electrons. The predicted octanol–water partition coefficient (Wildman–Crippen LogP) is 7.13. The molecule has 1 amide bonds. The van der Waals surface area contributed by atoms with Gasteiger partial charge in [-0.25, -0.2) is 4.98 Å². The molecule has 0 spiro atoms. The second kappa shape index (κ2) is 12.2. The molecule has 0 aliphatic carbocycles. The molecular formula is C33H34N2O6S. The van der Waals surface area contributed by atoms with Crippen molar-refractivity contribution in [3.63, 3.8) is 0 Å². The summed E-state index contributed by atoms with van der Waals surface area (Å²) in [5.41, 5.74) is 3.77. The van der Waals surface area contributed by atoms with E-state index in [0.29, 0.717) is 53.3 Å². The molecule has 42 heavy (non-hydrogen) atoms. The van der Waals surface area contributed by atoms with Gasteiger partial charge < -0.3 is 19.3 Å². The summed E-state index contributed by atoms with van der Waals surface area (Å²) in [5, 5.41) is 11.9. The van der Waals surface area contributed by atoms with Gasteiger partial charge in [0.2, 0.25) is 0 Å². The Morgan fingerprint density at radius 1 is 0.929 bits per heavy atom. The molecule has 1 atom stereocenters. The smallest absolute Gasteiger partial charge is 0.301 e. The minimum Gasteiger partial charge on any atom is -0.507 e. The van der Waals surface area contributed by atoms with E-state index in [1.54, 1.807) is 42.5 Å². The van der Waals surface area contributed by atoms with Crippen LogP contribution < -0.4 is 19.1 Å².